The highest BCUT2D eigenvalue weighted by atomic mass is 16.2. The lowest BCUT2D eigenvalue weighted by Crippen LogP contribution is -2.18. The SMILES string of the molecule is Cc1c(NC(=O)[C@@H]2C[C@@H]2c2cccc3ccccc23)cccc1C(N)=O. The van der Waals surface area contributed by atoms with Gasteiger partial charge in [-0.15, -0.1) is 0 Å². The number of anilines is 1. The number of nitrogens with one attached hydrogen (secondary N) is 1. The van der Waals surface area contributed by atoms with Crippen molar-refractivity contribution in [3.05, 3.63) is 77.4 Å². The van der Waals surface area contributed by atoms with E-state index in [0.717, 1.165) is 6.42 Å². The van der Waals surface area contributed by atoms with Crippen molar-refractivity contribution in [2.45, 2.75) is 19.3 Å². The van der Waals surface area contributed by atoms with Crippen molar-refractivity contribution in [2.75, 3.05) is 5.32 Å². The molecule has 0 aromatic heterocycles. The van der Waals surface area contributed by atoms with E-state index < -0.39 is 5.91 Å². The fraction of sp³-hybridized carbons (Fsp3) is 0.182. The molecule has 0 aliphatic heterocycles. The highest BCUT2D eigenvalue weighted by Gasteiger charge is 2.44. The smallest absolute Gasteiger partial charge is 0.249 e. The molecule has 1 aliphatic carbocycles. The molecule has 1 aliphatic rings. The summed E-state index contributed by atoms with van der Waals surface area (Å²) in [7, 11) is 0. The predicted octanol–water partition coefficient (Wildman–Crippen LogP) is 3.99. The fourth-order valence-corrected chi connectivity index (χ4v) is 3.67. The van der Waals surface area contributed by atoms with Gasteiger partial charge in [-0.2, -0.15) is 0 Å². The number of hydrogen-bond acceptors (Lipinski definition) is 2. The van der Waals surface area contributed by atoms with Crippen LogP contribution in [-0.4, -0.2) is 11.8 Å². The third-order valence-electron chi connectivity index (χ3n) is 5.21. The van der Waals surface area contributed by atoms with Gasteiger partial charge >= 0.3 is 0 Å². The molecule has 26 heavy (non-hydrogen) atoms. The number of primary amides is 1. The Kier molecular flexibility index (Phi) is 3.96. The average molecular weight is 344 g/mol. The van der Waals surface area contributed by atoms with E-state index in [1.54, 1.807) is 25.1 Å². The van der Waals surface area contributed by atoms with Crippen LogP contribution in [0.1, 0.15) is 33.8 Å². The van der Waals surface area contributed by atoms with E-state index in [4.69, 9.17) is 5.73 Å². The average Bonchev–Trinajstić information content (AvgIpc) is 3.43. The van der Waals surface area contributed by atoms with Crippen molar-refractivity contribution < 1.29 is 9.59 Å². The van der Waals surface area contributed by atoms with E-state index >= 15 is 0 Å². The molecule has 130 valence electrons. The minimum atomic E-state index is -0.487. The van der Waals surface area contributed by atoms with Crippen LogP contribution in [0, 0.1) is 12.8 Å². The summed E-state index contributed by atoms with van der Waals surface area (Å²) in [5, 5.41) is 5.37. The van der Waals surface area contributed by atoms with E-state index in [-0.39, 0.29) is 17.7 Å². The minimum absolute atomic E-state index is 0.00680. The fourth-order valence-electron chi connectivity index (χ4n) is 3.67. The van der Waals surface area contributed by atoms with Crippen LogP contribution < -0.4 is 11.1 Å². The number of amides is 2. The van der Waals surface area contributed by atoms with E-state index in [9.17, 15) is 9.59 Å². The maximum absolute atomic E-state index is 12.7. The van der Waals surface area contributed by atoms with Crippen molar-refractivity contribution in [3.8, 4) is 0 Å². The molecular formula is C22H20N2O2. The van der Waals surface area contributed by atoms with Gasteiger partial charge in [0.2, 0.25) is 11.8 Å². The van der Waals surface area contributed by atoms with Gasteiger partial charge in [-0.05, 0) is 53.3 Å². The van der Waals surface area contributed by atoms with Crippen LogP contribution in [0.5, 0.6) is 0 Å². The van der Waals surface area contributed by atoms with Gasteiger partial charge in [0, 0.05) is 17.2 Å². The second-order valence-electron chi connectivity index (χ2n) is 6.85. The third kappa shape index (κ3) is 2.84. The molecule has 2 atom stereocenters. The van der Waals surface area contributed by atoms with Gasteiger partial charge in [-0.3, -0.25) is 9.59 Å². The molecule has 0 saturated heterocycles. The van der Waals surface area contributed by atoms with Gasteiger partial charge in [-0.1, -0.05) is 48.5 Å². The van der Waals surface area contributed by atoms with E-state index in [1.165, 1.54) is 16.3 Å². The zero-order valence-corrected chi connectivity index (χ0v) is 14.5. The van der Waals surface area contributed by atoms with Crippen molar-refractivity contribution >= 4 is 28.3 Å². The van der Waals surface area contributed by atoms with Crippen LogP contribution in [-0.2, 0) is 4.79 Å². The minimum Gasteiger partial charge on any atom is -0.366 e. The predicted molar refractivity (Wildman–Crippen MR) is 103 cm³/mol. The topological polar surface area (TPSA) is 72.2 Å². The number of hydrogen-bond donors (Lipinski definition) is 2. The number of fused-ring (bicyclic) bond motifs is 1. The molecule has 0 unspecified atom stereocenters. The Balaban J connectivity index is 1.55. The highest BCUT2D eigenvalue weighted by molar-refractivity contribution is 6.00. The van der Waals surface area contributed by atoms with E-state index in [1.807, 2.05) is 18.2 Å². The molecule has 4 nitrogen and oxygen atoms in total. The molecule has 3 N–H and O–H groups in total. The van der Waals surface area contributed by atoms with Crippen LogP contribution in [0.15, 0.2) is 60.7 Å². The molecule has 2 amide bonds. The number of carbonyl (C=O) groups excluding carboxylic acids is 2. The molecule has 0 heterocycles. The highest BCUT2D eigenvalue weighted by Crippen LogP contribution is 2.50. The first kappa shape index (κ1) is 16.3. The van der Waals surface area contributed by atoms with Gasteiger partial charge in [0.15, 0.2) is 0 Å². The largest absolute Gasteiger partial charge is 0.366 e. The van der Waals surface area contributed by atoms with Crippen LogP contribution in [0.2, 0.25) is 0 Å². The zero-order chi connectivity index (χ0) is 18.3. The number of benzene rings is 3. The second kappa shape index (κ2) is 6.30. The van der Waals surface area contributed by atoms with Crippen LogP contribution in [0.25, 0.3) is 10.8 Å². The summed E-state index contributed by atoms with van der Waals surface area (Å²) >= 11 is 0. The van der Waals surface area contributed by atoms with Crippen molar-refractivity contribution in [3.63, 3.8) is 0 Å². The number of nitrogens with two attached hydrogens (primary N) is 1. The van der Waals surface area contributed by atoms with Gasteiger partial charge in [0.05, 0.1) is 0 Å². The summed E-state index contributed by atoms with van der Waals surface area (Å²) in [5.41, 5.74) is 8.40. The summed E-state index contributed by atoms with van der Waals surface area (Å²) in [6, 6.07) is 19.7. The molecule has 4 heteroatoms. The molecule has 3 aromatic carbocycles. The Morgan fingerprint density at radius 1 is 1.00 bits per heavy atom. The Morgan fingerprint density at radius 2 is 1.73 bits per heavy atom. The van der Waals surface area contributed by atoms with Gasteiger partial charge in [0.25, 0.3) is 0 Å². The Bertz CT molecular complexity index is 1020. The normalized spacial score (nSPS) is 18.5. The maximum atomic E-state index is 12.7. The first-order valence-corrected chi connectivity index (χ1v) is 8.74. The zero-order valence-electron chi connectivity index (χ0n) is 14.5. The van der Waals surface area contributed by atoms with Crippen molar-refractivity contribution in [2.24, 2.45) is 11.7 Å². The first-order chi connectivity index (χ1) is 12.6. The van der Waals surface area contributed by atoms with Crippen LogP contribution >= 0.6 is 0 Å². The van der Waals surface area contributed by atoms with Crippen molar-refractivity contribution in [1.29, 1.82) is 0 Å². The summed E-state index contributed by atoms with van der Waals surface area (Å²) in [6.07, 6.45) is 0.842. The molecule has 1 saturated carbocycles. The first-order valence-electron chi connectivity index (χ1n) is 8.74. The van der Waals surface area contributed by atoms with Gasteiger partial charge in [-0.25, -0.2) is 0 Å². The lowest BCUT2D eigenvalue weighted by atomic mass is 10.00. The van der Waals surface area contributed by atoms with Gasteiger partial charge in [0.1, 0.15) is 0 Å². The Hall–Kier alpha value is -3.14. The molecular weight excluding hydrogens is 324 g/mol. The summed E-state index contributed by atoms with van der Waals surface area (Å²) in [5.74, 6) is -0.301. The van der Waals surface area contributed by atoms with Gasteiger partial charge < -0.3 is 11.1 Å². The molecule has 0 spiro atoms. The molecule has 1 fully saturated rings. The molecule has 0 bridgehead atoms. The number of rotatable bonds is 4. The van der Waals surface area contributed by atoms with E-state index in [2.05, 4.69) is 29.6 Å². The van der Waals surface area contributed by atoms with E-state index in [0.29, 0.717) is 16.8 Å². The standard InChI is InChI=1S/C22H20N2O2/c1-13-15(21(23)25)9-5-11-20(13)24-22(26)19-12-18(19)17-10-4-7-14-6-2-3-8-16(14)17/h2-11,18-19H,12H2,1H3,(H2,23,25)(H,24,26)/t18-,19-/m1/s1. The lowest BCUT2D eigenvalue weighted by Gasteiger charge is -2.11. The summed E-state index contributed by atoms with van der Waals surface area (Å²) in [6.45, 7) is 1.80. The van der Waals surface area contributed by atoms with Crippen LogP contribution in [0.4, 0.5) is 5.69 Å². The quantitative estimate of drug-likeness (QED) is 0.751. The monoisotopic (exact) mass is 344 g/mol. The summed E-state index contributed by atoms with van der Waals surface area (Å²) in [4.78, 5) is 24.2. The Morgan fingerprint density at radius 3 is 2.54 bits per heavy atom. The Labute approximate surface area is 152 Å². The maximum Gasteiger partial charge on any atom is 0.249 e. The van der Waals surface area contributed by atoms with Crippen molar-refractivity contribution in [1.82, 2.24) is 0 Å². The van der Waals surface area contributed by atoms with Crippen LogP contribution in [0.3, 0.4) is 0 Å². The third-order valence-corrected chi connectivity index (χ3v) is 5.21. The molecule has 0 radical (unpaired) electrons. The molecule has 4 rings (SSSR count). The second-order valence-corrected chi connectivity index (χ2v) is 6.85. The number of carbonyl (C=O) groups is 2. The molecule has 3 aromatic rings. The summed E-state index contributed by atoms with van der Waals surface area (Å²) < 4.78 is 0. The lowest BCUT2D eigenvalue weighted by molar-refractivity contribution is -0.117.